The fourth-order valence-electron chi connectivity index (χ4n) is 8.26. The van der Waals surface area contributed by atoms with Crippen LogP contribution >= 0.6 is 0 Å². The van der Waals surface area contributed by atoms with E-state index in [0.29, 0.717) is 19.3 Å². The maximum atomic E-state index is 12.8. The number of ether oxygens (including phenoxy) is 3. The van der Waals surface area contributed by atoms with E-state index in [4.69, 9.17) is 14.2 Å². The molecule has 0 spiro atoms. The number of hydrogen-bond acceptors (Lipinski definition) is 6. The molecule has 0 aliphatic heterocycles. The lowest BCUT2D eigenvalue weighted by Gasteiger charge is -2.18. The average Bonchev–Trinajstić information content (AvgIpc) is 3.23. The van der Waals surface area contributed by atoms with E-state index in [1.54, 1.807) is 0 Å². The Balaban J connectivity index is 4.30. The van der Waals surface area contributed by atoms with Gasteiger partial charge in [-0.25, -0.2) is 0 Å². The van der Waals surface area contributed by atoms with E-state index >= 15 is 0 Å². The summed E-state index contributed by atoms with van der Waals surface area (Å²) in [4.78, 5) is 38.0. The largest absolute Gasteiger partial charge is 0.462 e. The van der Waals surface area contributed by atoms with Gasteiger partial charge in [0.25, 0.3) is 0 Å². The normalized spacial score (nSPS) is 12.6. The van der Waals surface area contributed by atoms with Gasteiger partial charge in [0.15, 0.2) is 6.10 Å². The van der Waals surface area contributed by atoms with Gasteiger partial charge in [0.1, 0.15) is 13.2 Å². The van der Waals surface area contributed by atoms with Crippen molar-refractivity contribution in [1.82, 2.24) is 0 Å². The van der Waals surface area contributed by atoms with Crippen molar-refractivity contribution in [3.05, 3.63) is 0 Å². The molecule has 0 rings (SSSR count). The van der Waals surface area contributed by atoms with Gasteiger partial charge in [0, 0.05) is 19.3 Å². The lowest BCUT2D eigenvalue weighted by molar-refractivity contribution is -0.167. The highest BCUT2D eigenvalue weighted by atomic mass is 16.6. The van der Waals surface area contributed by atoms with Crippen molar-refractivity contribution >= 4 is 17.9 Å². The number of rotatable bonds is 48. The van der Waals surface area contributed by atoms with Crippen LogP contribution in [0.25, 0.3) is 0 Å². The van der Waals surface area contributed by atoms with Gasteiger partial charge in [0.2, 0.25) is 0 Å². The quantitative estimate of drug-likeness (QED) is 0.0344. The van der Waals surface area contributed by atoms with E-state index in [1.165, 1.54) is 180 Å². The Morgan fingerprint density at radius 1 is 0.328 bits per heavy atom. The predicted molar refractivity (Wildman–Crippen MR) is 261 cm³/mol. The van der Waals surface area contributed by atoms with E-state index < -0.39 is 6.10 Å². The summed E-state index contributed by atoms with van der Waals surface area (Å²) < 4.78 is 16.8. The van der Waals surface area contributed by atoms with Crippen molar-refractivity contribution in [2.75, 3.05) is 13.2 Å². The number of carbonyl (C=O) groups excluding carboxylic acids is 3. The van der Waals surface area contributed by atoms with Crippen molar-refractivity contribution in [3.8, 4) is 0 Å². The zero-order chi connectivity index (χ0) is 44.9. The third-order valence-electron chi connectivity index (χ3n) is 12.8. The molecule has 0 saturated heterocycles. The SMILES string of the molecule is CCC(C)CCCCCCCCCCC(=O)O[C@H](COC(=O)CCCCCCCCCCCCCCCC(C)C)COC(=O)CCCCCCCCCCCCCCC(C)C. The third-order valence-corrected chi connectivity index (χ3v) is 12.8. The van der Waals surface area contributed by atoms with Crippen LogP contribution < -0.4 is 0 Å². The Hall–Kier alpha value is -1.59. The van der Waals surface area contributed by atoms with Gasteiger partial charge >= 0.3 is 17.9 Å². The summed E-state index contributed by atoms with van der Waals surface area (Å²) in [5.41, 5.74) is 0. The molecule has 0 bridgehead atoms. The molecule has 0 aromatic carbocycles. The summed E-state index contributed by atoms with van der Waals surface area (Å²) >= 11 is 0. The lowest BCUT2D eigenvalue weighted by Crippen LogP contribution is -2.30. The molecule has 61 heavy (non-hydrogen) atoms. The first-order chi connectivity index (χ1) is 29.6. The fourth-order valence-corrected chi connectivity index (χ4v) is 8.26. The van der Waals surface area contributed by atoms with Crippen LogP contribution in [0.3, 0.4) is 0 Å². The van der Waals surface area contributed by atoms with Gasteiger partial charge in [-0.15, -0.1) is 0 Å². The maximum Gasteiger partial charge on any atom is 0.306 e. The molecule has 0 aliphatic rings. The van der Waals surface area contributed by atoms with Gasteiger partial charge in [-0.05, 0) is 37.0 Å². The molecule has 0 amide bonds. The van der Waals surface area contributed by atoms with Crippen LogP contribution in [0.15, 0.2) is 0 Å². The zero-order valence-electron chi connectivity index (χ0n) is 42.0. The van der Waals surface area contributed by atoms with E-state index in [2.05, 4.69) is 41.5 Å². The second-order valence-electron chi connectivity index (χ2n) is 20.1. The molecule has 6 nitrogen and oxygen atoms in total. The van der Waals surface area contributed by atoms with Crippen molar-refractivity contribution in [2.45, 2.75) is 304 Å². The molecule has 0 heterocycles. The molecule has 362 valence electrons. The third kappa shape index (κ3) is 47.7. The Labute approximate surface area is 380 Å². The van der Waals surface area contributed by atoms with E-state index in [9.17, 15) is 14.4 Å². The number of esters is 3. The second-order valence-corrected chi connectivity index (χ2v) is 20.1. The molecular weight excluding hydrogens is 757 g/mol. The molecule has 0 fully saturated rings. The Bertz CT molecular complexity index is 947. The summed E-state index contributed by atoms with van der Waals surface area (Å²) in [5, 5.41) is 0. The molecule has 0 saturated carbocycles. The fraction of sp³-hybridized carbons (Fsp3) is 0.945. The van der Waals surface area contributed by atoms with Gasteiger partial charge in [0.05, 0.1) is 0 Å². The Morgan fingerprint density at radius 2 is 0.574 bits per heavy atom. The molecule has 6 heteroatoms. The van der Waals surface area contributed by atoms with Crippen LogP contribution in [0, 0.1) is 17.8 Å². The molecule has 1 unspecified atom stereocenters. The minimum atomic E-state index is -0.763. The van der Waals surface area contributed by atoms with Gasteiger partial charge < -0.3 is 14.2 Å². The van der Waals surface area contributed by atoms with E-state index in [0.717, 1.165) is 75.5 Å². The summed E-state index contributed by atoms with van der Waals surface area (Å²) in [6.45, 7) is 13.7. The van der Waals surface area contributed by atoms with Crippen LogP contribution in [-0.4, -0.2) is 37.2 Å². The number of carbonyl (C=O) groups is 3. The maximum absolute atomic E-state index is 12.8. The summed E-state index contributed by atoms with van der Waals surface area (Å²) in [7, 11) is 0. The smallest absolute Gasteiger partial charge is 0.306 e. The molecule has 0 aromatic rings. The molecule has 0 N–H and O–H groups in total. The van der Waals surface area contributed by atoms with E-state index in [1.807, 2.05) is 0 Å². The number of unbranched alkanes of at least 4 members (excludes halogenated alkanes) is 30. The Kier molecular flexibility index (Phi) is 45.2. The summed E-state index contributed by atoms with van der Waals surface area (Å²) in [6, 6.07) is 0. The monoisotopic (exact) mass is 863 g/mol. The van der Waals surface area contributed by atoms with Gasteiger partial charge in [-0.2, -0.15) is 0 Å². The average molecular weight is 863 g/mol. The minimum absolute atomic E-state index is 0.0645. The molecule has 0 aliphatic carbocycles. The predicted octanol–water partition coefficient (Wildman–Crippen LogP) is 17.6. The van der Waals surface area contributed by atoms with Crippen LogP contribution in [0.1, 0.15) is 298 Å². The van der Waals surface area contributed by atoms with Crippen LogP contribution in [0.4, 0.5) is 0 Å². The van der Waals surface area contributed by atoms with Crippen LogP contribution in [0.5, 0.6) is 0 Å². The molecule has 0 aromatic heterocycles. The van der Waals surface area contributed by atoms with Crippen molar-refractivity contribution in [3.63, 3.8) is 0 Å². The molecule has 2 atom stereocenters. The first kappa shape index (κ1) is 59.4. The minimum Gasteiger partial charge on any atom is -0.462 e. The standard InChI is InChI=1S/C55H106O6/c1-7-51(6)43-37-31-25-21-22-28-34-40-46-55(58)61-52(48-60-54(57)45-39-33-27-20-16-12-11-14-18-24-30-36-42-50(4)5)47-59-53(56)44-38-32-26-19-15-10-8-9-13-17-23-29-35-41-49(2)3/h49-52H,7-48H2,1-6H3/t51?,52-/m1/s1. The van der Waals surface area contributed by atoms with Crippen LogP contribution in [-0.2, 0) is 28.6 Å². The highest BCUT2D eigenvalue weighted by Gasteiger charge is 2.19. The van der Waals surface area contributed by atoms with Crippen LogP contribution in [0.2, 0.25) is 0 Å². The van der Waals surface area contributed by atoms with E-state index in [-0.39, 0.29) is 31.1 Å². The second kappa shape index (κ2) is 46.4. The highest BCUT2D eigenvalue weighted by Crippen LogP contribution is 2.18. The molecular formula is C55H106O6. The van der Waals surface area contributed by atoms with Crippen molar-refractivity contribution in [2.24, 2.45) is 17.8 Å². The summed E-state index contributed by atoms with van der Waals surface area (Å²) in [6.07, 6.45) is 46.6. The topological polar surface area (TPSA) is 78.9 Å². The number of hydrogen-bond donors (Lipinski definition) is 0. The van der Waals surface area contributed by atoms with Gasteiger partial charge in [-0.1, -0.05) is 260 Å². The zero-order valence-corrected chi connectivity index (χ0v) is 42.0. The summed E-state index contributed by atoms with van der Waals surface area (Å²) in [5.74, 6) is 1.67. The van der Waals surface area contributed by atoms with Crippen molar-refractivity contribution in [1.29, 1.82) is 0 Å². The van der Waals surface area contributed by atoms with Gasteiger partial charge in [-0.3, -0.25) is 14.4 Å². The first-order valence-corrected chi connectivity index (χ1v) is 27.1. The Morgan fingerprint density at radius 3 is 0.852 bits per heavy atom. The van der Waals surface area contributed by atoms with Crippen molar-refractivity contribution < 1.29 is 28.6 Å². The lowest BCUT2D eigenvalue weighted by atomic mass is 9.99. The highest BCUT2D eigenvalue weighted by molar-refractivity contribution is 5.71. The first-order valence-electron chi connectivity index (χ1n) is 27.1. The molecule has 0 radical (unpaired) electrons.